The predicted octanol–water partition coefficient (Wildman–Crippen LogP) is 2.23. The second-order valence-corrected chi connectivity index (χ2v) is 5.93. The fraction of sp³-hybridized carbons (Fsp3) is 0.467. The van der Waals surface area contributed by atoms with Crippen LogP contribution in [0.5, 0.6) is 0 Å². The van der Waals surface area contributed by atoms with E-state index in [0.717, 1.165) is 0 Å². The Morgan fingerprint density at radius 2 is 2.23 bits per heavy atom. The summed E-state index contributed by atoms with van der Waals surface area (Å²) in [6.07, 6.45) is 0.892. The van der Waals surface area contributed by atoms with Crippen LogP contribution in [-0.2, 0) is 25.5 Å². The molecular formula is C15H17Cl2NO4. The molecule has 1 saturated heterocycles. The average molecular weight is 346 g/mol. The number of esters is 1. The van der Waals surface area contributed by atoms with E-state index in [1.54, 1.807) is 18.2 Å². The normalized spacial score (nSPS) is 18.8. The maximum absolute atomic E-state index is 12.2. The molecular weight excluding hydrogens is 329 g/mol. The van der Waals surface area contributed by atoms with Crippen molar-refractivity contribution in [3.63, 3.8) is 0 Å². The lowest BCUT2D eigenvalue weighted by Crippen LogP contribution is -2.45. The zero-order valence-electron chi connectivity index (χ0n) is 12.1. The van der Waals surface area contributed by atoms with Crippen LogP contribution < -0.4 is 5.32 Å². The van der Waals surface area contributed by atoms with Gasteiger partial charge >= 0.3 is 5.97 Å². The molecule has 1 aliphatic heterocycles. The van der Waals surface area contributed by atoms with Gasteiger partial charge in [-0.15, -0.1) is 0 Å². The molecule has 0 aliphatic carbocycles. The summed E-state index contributed by atoms with van der Waals surface area (Å²) in [5.41, 5.74) is 0.712. The highest BCUT2D eigenvalue weighted by atomic mass is 35.5. The largest absolute Gasteiger partial charge is 0.467 e. The Hall–Kier alpha value is -1.30. The van der Waals surface area contributed by atoms with E-state index in [1.807, 2.05) is 0 Å². The van der Waals surface area contributed by atoms with Crippen LogP contribution in [0.3, 0.4) is 0 Å². The van der Waals surface area contributed by atoms with Crippen molar-refractivity contribution in [3.05, 3.63) is 33.8 Å². The number of carbonyl (C=O) groups excluding carboxylic acids is 2. The highest BCUT2D eigenvalue weighted by Gasteiger charge is 2.29. The van der Waals surface area contributed by atoms with Crippen molar-refractivity contribution in [3.8, 4) is 0 Å². The molecule has 1 aromatic carbocycles. The van der Waals surface area contributed by atoms with E-state index in [4.69, 9.17) is 32.7 Å². The van der Waals surface area contributed by atoms with Crippen molar-refractivity contribution in [1.82, 2.24) is 5.32 Å². The van der Waals surface area contributed by atoms with Gasteiger partial charge in [0.1, 0.15) is 6.04 Å². The van der Waals surface area contributed by atoms with Crippen LogP contribution in [0.25, 0.3) is 0 Å². The summed E-state index contributed by atoms with van der Waals surface area (Å²) >= 11 is 12.0. The minimum absolute atomic E-state index is 0.210. The number of hydrogen-bond acceptors (Lipinski definition) is 4. The van der Waals surface area contributed by atoms with Gasteiger partial charge in [0, 0.05) is 23.1 Å². The van der Waals surface area contributed by atoms with Crippen molar-refractivity contribution in [2.45, 2.75) is 18.9 Å². The molecule has 1 aliphatic rings. The van der Waals surface area contributed by atoms with Crippen molar-refractivity contribution < 1.29 is 19.1 Å². The first-order valence-corrected chi connectivity index (χ1v) is 7.66. The van der Waals surface area contributed by atoms with Crippen molar-refractivity contribution in [1.29, 1.82) is 0 Å². The number of nitrogens with one attached hydrogen (secondary N) is 1. The minimum atomic E-state index is -0.795. The van der Waals surface area contributed by atoms with Crippen molar-refractivity contribution in [2.24, 2.45) is 5.92 Å². The molecule has 2 rings (SSSR count). The van der Waals surface area contributed by atoms with E-state index in [-0.39, 0.29) is 18.2 Å². The van der Waals surface area contributed by atoms with E-state index in [1.165, 1.54) is 7.11 Å². The fourth-order valence-corrected chi connectivity index (χ4v) is 2.76. The second kappa shape index (κ2) is 7.81. The molecule has 2 atom stereocenters. The lowest BCUT2D eigenvalue weighted by Gasteiger charge is -2.19. The van der Waals surface area contributed by atoms with Gasteiger partial charge in [0.25, 0.3) is 0 Å². The number of rotatable bonds is 5. The molecule has 0 unspecified atom stereocenters. The van der Waals surface area contributed by atoms with Gasteiger partial charge in [-0.2, -0.15) is 0 Å². The Kier molecular flexibility index (Phi) is 6.06. The third kappa shape index (κ3) is 4.35. The Morgan fingerprint density at radius 3 is 2.82 bits per heavy atom. The first-order valence-electron chi connectivity index (χ1n) is 6.91. The fourth-order valence-electron chi connectivity index (χ4n) is 2.27. The Balaban J connectivity index is 2.08. The SMILES string of the molecule is COC(=O)[C@@H](Cc1ccc(Cl)cc1Cl)NC(=O)[C@@H]1CCOC1. The van der Waals surface area contributed by atoms with Gasteiger partial charge in [-0.3, -0.25) is 4.79 Å². The van der Waals surface area contributed by atoms with E-state index >= 15 is 0 Å². The highest BCUT2D eigenvalue weighted by Crippen LogP contribution is 2.22. The number of halogens is 2. The van der Waals surface area contributed by atoms with E-state index in [0.29, 0.717) is 35.2 Å². The standard InChI is InChI=1S/C15H17Cl2NO4/c1-21-15(20)13(18-14(19)10-4-5-22-8-10)6-9-2-3-11(16)7-12(9)17/h2-3,7,10,13H,4-6,8H2,1H3,(H,18,19)/t10-,13-/m1/s1. The van der Waals surface area contributed by atoms with Crippen LogP contribution in [0.15, 0.2) is 18.2 Å². The smallest absolute Gasteiger partial charge is 0.328 e. The van der Waals surface area contributed by atoms with Crippen LogP contribution >= 0.6 is 23.2 Å². The van der Waals surface area contributed by atoms with Crippen LogP contribution in [0.2, 0.25) is 10.0 Å². The van der Waals surface area contributed by atoms with E-state index in [9.17, 15) is 9.59 Å². The number of methoxy groups -OCH3 is 1. The molecule has 22 heavy (non-hydrogen) atoms. The number of amides is 1. The summed E-state index contributed by atoms with van der Waals surface area (Å²) in [6, 6.07) is 4.21. The monoisotopic (exact) mass is 345 g/mol. The topological polar surface area (TPSA) is 64.6 Å². The number of carbonyl (C=O) groups is 2. The number of ether oxygens (including phenoxy) is 2. The van der Waals surface area contributed by atoms with Gasteiger partial charge in [-0.25, -0.2) is 4.79 Å². The zero-order valence-corrected chi connectivity index (χ0v) is 13.6. The molecule has 1 amide bonds. The quantitative estimate of drug-likeness (QED) is 0.831. The molecule has 0 bridgehead atoms. The average Bonchev–Trinajstić information content (AvgIpc) is 3.02. The molecule has 0 spiro atoms. The van der Waals surface area contributed by atoms with Crippen LogP contribution in [-0.4, -0.2) is 38.2 Å². The first kappa shape index (κ1) is 17.1. The molecule has 0 radical (unpaired) electrons. The molecule has 0 saturated carbocycles. The predicted molar refractivity (Wildman–Crippen MR) is 83.0 cm³/mol. The van der Waals surface area contributed by atoms with Crippen LogP contribution in [0.4, 0.5) is 0 Å². The third-order valence-electron chi connectivity index (χ3n) is 3.54. The Morgan fingerprint density at radius 1 is 1.45 bits per heavy atom. The van der Waals surface area contributed by atoms with Gasteiger partial charge in [0.15, 0.2) is 0 Å². The maximum atomic E-state index is 12.2. The van der Waals surface area contributed by atoms with E-state index in [2.05, 4.69) is 5.32 Å². The summed E-state index contributed by atoms with van der Waals surface area (Å²) in [5, 5.41) is 3.67. The molecule has 5 nitrogen and oxygen atoms in total. The zero-order chi connectivity index (χ0) is 16.1. The second-order valence-electron chi connectivity index (χ2n) is 5.08. The summed E-state index contributed by atoms with van der Waals surface area (Å²) in [4.78, 5) is 24.1. The van der Waals surface area contributed by atoms with Crippen molar-refractivity contribution in [2.75, 3.05) is 20.3 Å². The van der Waals surface area contributed by atoms with Gasteiger partial charge < -0.3 is 14.8 Å². The lowest BCUT2D eigenvalue weighted by atomic mass is 10.0. The molecule has 1 N–H and O–H groups in total. The molecule has 7 heteroatoms. The first-order chi connectivity index (χ1) is 10.5. The molecule has 1 fully saturated rings. The van der Waals surface area contributed by atoms with Gasteiger partial charge in [0.2, 0.25) is 5.91 Å². The third-order valence-corrected chi connectivity index (χ3v) is 4.13. The number of hydrogen-bond donors (Lipinski definition) is 1. The van der Waals surface area contributed by atoms with E-state index < -0.39 is 12.0 Å². The number of benzene rings is 1. The summed E-state index contributed by atoms with van der Waals surface area (Å²) in [6.45, 7) is 0.936. The molecule has 120 valence electrons. The summed E-state index contributed by atoms with van der Waals surface area (Å²) < 4.78 is 9.94. The van der Waals surface area contributed by atoms with Crippen molar-refractivity contribution >= 4 is 35.1 Å². The Labute approximate surface area is 138 Å². The Bertz CT molecular complexity index is 558. The van der Waals surface area contributed by atoms with Crippen LogP contribution in [0, 0.1) is 5.92 Å². The molecule has 1 heterocycles. The molecule has 0 aromatic heterocycles. The lowest BCUT2D eigenvalue weighted by molar-refractivity contribution is -0.145. The summed E-state index contributed by atoms with van der Waals surface area (Å²) in [7, 11) is 1.28. The minimum Gasteiger partial charge on any atom is -0.467 e. The van der Waals surface area contributed by atoms with Gasteiger partial charge in [-0.05, 0) is 24.1 Å². The summed E-state index contributed by atoms with van der Waals surface area (Å²) in [5.74, 6) is -0.955. The van der Waals surface area contributed by atoms with Crippen LogP contribution in [0.1, 0.15) is 12.0 Å². The molecule has 1 aromatic rings. The van der Waals surface area contributed by atoms with Gasteiger partial charge in [-0.1, -0.05) is 29.3 Å². The van der Waals surface area contributed by atoms with Gasteiger partial charge in [0.05, 0.1) is 19.6 Å². The maximum Gasteiger partial charge on any atom is 0.328 e. The highest BCUT2D eigenvalue weighted by molar-refractivity contribution is 6.35.